The molecule has 17 heavy (non-hydrogen) atoms. The van der Waals surface area contributed by atoms with E-state index in [1.165, 1.54) is 26.0 Å². The molecule has 2 aromatic rings. The second-order valence-corrected chi connectivity index (χ2v) is 4.70. The molecule has 0 saturated heterocycles. The lowest BCUT2D eigenvalue weighted by molar-refractivity contribution is -0.0512. The minimum absolute atomic E-state index is 0.0399. The number of halogens is 2. The monoisotopic (exact) mass is 238 g/mol. The summed E-state index contributed by atoms with van der Waals surface area (Å²) in [5.41, 5.74) is 1.55. The van der Waals surface area contributed by atoms with Crippen LogP contribution < -0.4 is 0 Å². The number of aryl methyl sites for hydroxylation is 2. The van der Waals surface area contributed by atoms with Gasteiger partial charge in [0.1, 0.15) is 5.82 Å². The summed E-state index contributed by atoms with van der Waals surface area (Å²) in [4.78, 5) is 4.28. The first kappa shape index (κ1) is 12.0. The van der Waals surface area contributed by atoms with E-state index in [9.17, 15) is 8.78 Å². The van der Waals surface area contributed by atoms with Crippen LogP contribution >= 0.6 is 0 Å². The van der Waals surface area contributed by atoms with Gasteiger partial charge in [0.25, 0.3) is 5.92 Å². The van der Waals surface area contributed by atoms with Crippen molar-refractivity contribution in [3.63, 3.8) is 0 Å². The van der Waals surface area contributed by atoms with Crippen LogP contribution in [0.2, 0.25) is 0 Å². The number of fused-ring (bicyclic) bond motifs is 1. The van der Waals surface area contributed by atoms with Crippen molar-refractivity contribution in [2.24, 2.45) is 13.0 Å². The molecule has 0 amide bonds. The van der Waals surface area contributed by atoms with E-state index in [-0.39, 0.29) is 5.56 Å². The Morgan fingerprint density at radius 3 is 2.53 bits per heavy atom. The lowest BCUT2D eigenvalue weighted by Gasteiger charge is -2.20. The van der Waals surface area contributed by atoms with Crippen LogP contribution in [0.25, 0.3) is 11.0 Å². The van der Waals surface area contributed by atoms with Crippen LogP contribution in [0, 0.1) is 12.8 Å². The van der Waals surface area contributed by atoms with Gasteiger partial charge in [-0.3, -0.25) is 0 Å². The summed E-state index contributed by atoms with van der Waals surface area (Å²) in [6.07, 6.45) is 0. The van der Waals surface area contributed by atoms with Crippen molar-refractivity contribution in [3.05, 3.63) is 29.6 Å². The quantitative estimate of drug-likeness (QED) is 0.781. The van der Waals surface area contributed by atoms with Crippen molar-refractivity contribution in [1.29, 1.82) is 0 Å². The van der Waals surface area contributed by atoms with E-state index in [4.69, 9.17) is 0 Å². The zero-order valence-corrected chi connectivity index (χ0v) is 10.5. The largest absolute Gasteiger partial charge is 0.331 e. The Morgan fingerprint density at radius 1 is 1.29 bits per heavy atom. The van der Waals surface area contributed by atoms with Gasteiger partial charge in [0.2, 0.25) is 0 Å². The van der Waals surface area contributed by atoms with Gasteiger partial charge in [-0.25, -0.2) is 13.8 Å². The lowest BCUT2D eigenvalue weighted by Crippen LogP contribution is -2.20. The summed E-state index contributed by atoms with van der Waals surface area (Å²) in [5, 5.41) is 0. The molecule has 0 N–H and O–H groups in total. The molecule has 1 aromatic heterocycles. The molecule has 92 valence electrons. The third kappa shape index (κ3) is 1.81. The molecule has 0 aliphatic carbocycles. The van der Waals surface area contributed by atoms with Crippen LogP contribution in [-0.4, -0.2) is 9.55 Å². The van der Waals surface area contributed by atoms with Crippen LogP contribution in [0.15, 0.2) is 18.2 Å². The fourth-order valence-electron chi connectivity index (χ4n) is 1.86. The topological polar surface area (TPSA) is 17.8 Å². The SMILES string of the molecule is Cc1nc2cc(C(F)(F)C(C)C)ccc2n1C. The summed E-state index contributed by atoms with van der Waals surface area (Å²) in [6.45, 7) is 4.90. The van der Waals surface area contributed by atoms with E-state index in [1.54, 1.807) is 6.07 Å². The highest BCUT2D eigenvalue weighted by Crippen LogP contribution is 2.36. The summed E-state index contributed by atoms with van der Waals surface area (Å²) in [5.74, 6) is -2.70. The maximum absolute atomic E-state index is 13.9. The number of nitrogens with zero attached hydrogens (tertiary/aromatic N) is 2. The molecule has 0 spiro atoms. The van der Waals surface area contributed by atoms with Gasteiger partial charge in [0.15, 0.2) is 0 Å². The molecule has 0 radical (unpaired) electrons. The van der Waals surface area contributed by atoms with Crippen LogP contribution in [0.5, 0.6) is 0 Å². The Hall–Kier alpha value is -1.45. The number of hydrogen-bond donors (Lipinski definition) is 0. The van der Waals surface area contributed by atoms with Crippen molar-refractivity contribution in [1.82, 2.24) is 9.55 Å². The normalized spacial score (nSPS) is 12.6. The number of imidazole rings is 1. The van der Waals surface area contributed by atoms with Gasteiger partial charge >= 0.3 is 0 Å². The van der Waals surface area contributed by atoms with Crippen molar-refractivity contribution in [3.8, 4) is 0 Å². The fourth-order valence-corrected chi connectivity index (χ4v) is 1.86. The average molecular weight is 238 g/mol. The Morgan fingerprint density at radius 2 is 1.94 bits per heavy atom. The molecule has 0 fully saturated rings. The van der Waals surface area contributed by atoms with Crippen molar-refractivity contribution in [2.75, 3.05) is 0 Å². The smallest absolute Gasteiger partial charge is 0.275 e. The summed E-state index contributed by atoms with van der Waals surface area (Å²) in [7, 11) is 1.88. The highest BCUT2D eigenvalue weighted by Gasteiger charge is 2.35. The maximum atomic E-state index is 13.9. The van der Waals surface area contributed by atoms with Crippen LogP contribution in [0.4, 0.5) is 8.78 Å². The van der Waals surface area contributed by atoms with Crippen LogP contribution in [-0.2, 0) is 13.0 Å². The minimum Gasteiger partial charge on any atom is -0.331 e. The van der Waals surface area contributed by atoms with Crippen LogP contribution in [0.1, 0.15) is 25.2 Å². The van der Waals surface area contributed by atoms with Gasteiger partial charge in [-0.2, -0.15) is 0 Å². The van der Waals surface area contributed by atoms with Gasteiger partial charge in [0.05, 0.1) is 11.0 Å². The zero-order chi connectivity index (χ0) is 12.8. The molecule has 2 rings (SSSR count). The first-order valence-corrected chi connectivity index (χ1v) is 5.65. The van der Waals surface area contributed by atoms with E-state index in [0.717, 1.165) is 11.3 Å². The molecule has 0 aliphatic rings. The second kappa shape index (κ2) is 3.79. The van der Waals surface area contributed by atoms with Gasteiger partial charge in [-0.05, 0) is 19.1 Å². The zero-order valence-electron chi connectivity index (χ0n) is 10.5. The molecule has 0 atom stereocenters. The van der Waals surface area contributed by atoms with E-state index >= 15 is 0 Å². The number of aromatic nitrogens is 2. The van der Waals surface area contributed by atoms with Gasteiger partial charge < -0.3 is 4.57 Å². The number of hydrogen-bond acceptors (Lipinski definition) is 1. The molecule has 0 unspecified atom stereocenters. The van der Waals surface area contributed by atoms with Gasteiger partial charge in [0, 0.05) is 18.5 Å². The minimum atomic E-state index is -2.81. The molecular formula is C13H16F2N2. The van der Waals surface area contributed by atoms with E-state index in [1.807, 2.05) is 18.5 Å². The first-order valence-electron chi connectivity index (χ1n) is 5.65. The number of rotatable bonds is 2. The standard InChI is InChI=1S/C13H16F2N2/c1-8(2)13(14,15)10-5-6-12-11(7-10)16-9(3)17(12)4/h5-8H,1-4H3. The third-order valence-electron chi connectivity index (χ3n) is 3.21. The summed E-state index contributed by atoms with van der Waals surface area (Å²) >= 11 is 0. The molecule has 0 saturated carbocycles. The Balaban J connectivity index is 2.59. The van der Waals surface area contributed by atoms with Crippen LogP contribution in [0.3, 0.4) is 0 Å². The molecule has 4 heteroatoms. The van der Waals surface area contributed by atoms with Crippen molar-refractivity contribution in [2.45, 2.75) is 26.7 Å². The Bertz CT molecular complexity index is 556. The van der Waals surface area contributed by atoms with Crippen molar-refractivity contribution < 1.29 is 8.78 Å². The molecule has 1 aromatic carbocycles. The lowest BCUT2D eigenvalue weighted by atomic mass is 9.97. The molecular weight excluding hydrogens is 222 g/mol. The Labute approximate surface area is 99.3 Å². The highest BCUT2D eigenvalue weighted by atomic mass is 19.3. The fraction of sp³-hybridized carbons (Fsp3) is 0.462. The van der Waals surface area contributed by atoms with Gasteiger partial charge in [-0.15, -0.1) is 0 Å². The summed E-state index contributed by atoms with van der Waals surface area (Å²) in [6, 6.07) is 4.69. The van der Waals surface area contributed by atoms with E-state index in [0.29, 0.717) is 5.52 Å². The molecule has 2 nitrogen and oxygen atoms in total. The maximum Gasteiger partial charge on any atom is 0.275 e. The predicted molar refractivity (Wildman–Crippen MR) is 64.2 cm³/mol. The number of alkyl halides is 2. The average Bonchev–Trinajstić information content (AvgIpc) is 2.54. The van der Waals surface area contributed by atoms with E-state index < -0.39 is 11.8 Å². The predicted octanol–water partition coefficient (Wildman–Crippen LogP) is 3.63. The third-order valence-corrected chi connectivity index (χ3v) is 3.21. The van der Waals surface area contributed by atoms with E-state index in [2.05, 4.69) is 4.98 Å². The summed E-state index contributed by atoms with van der Waals surface area (Å²) < 4.78 is 29.7. The molecule has 0 bridgehead atoms. The Kier molecular flexibility index (Phi) is 2.68. The first-order chi connectivity index (χ1) is 7.84. The van der Waals surface area contributed by atoms with Crippen molar-refractivity contribution >= 4 is 11.0 Å². The number of benzene rings is 1. The molecule has 0 aliphatic heterocycles. The second-order valence-electron chi connectivity index (χ2n) is 4.70. The highest BCUT2D eigenvalue weighted by molar-refractivity contribution is 5.77. The van der Waals surface area contributed by atoms with Gasteiger partial charge in [-0.1, -0.05) is 19.9 Å². The molecule has 1 heterocycles.